The van der Waals surface area contributed by atoms with Crippen molar-refractivity contribution < 1.29 is 9.47 Å². The van der Waals surface area contributed by atoms with Crippen LogP contribution in [0.5, 0.6) is 0 Å². The summed E-state index contributed by atoms with van der Waals surface area (Å²) < 4.78 is 13.6. The van der Waals surface area contributed by atoms with E-state index in [4.69, 9.17) is 9.47 Å². The summed E-state index contributed by atoms with van der Waals surface area (Å²) >= 11 is 0. The second kappa shape index (κ2) is 9.92. The number of ether oxygens (including phenoxy) is 2. The van der Waals surface area contributed by atoms with Crippen molar-refractivity contribution in [3.8, 4) is 0 Å². The first-order valence-corrected chi connectivity index (χ1v) is 8.22. The van der Waals surface area contributed by atoms with E-state index in [2.05, 4.69) is 41.9 Å². The molecule has 0 aliphatic carbocycles. The minimum atomic E-state index is -0.217. The molecule has 0 aliphatic heterocycles. The lowest BCUT2D eigenvalue weighted by atomic mass is 10.1. The van der Waals surface area contributed by atoms with Gasteiger partial charge in [0.25, 0.3) is 0 Å². The predicted molar refractivity (Wildman–Crippen MR) is 85.5 cm³/mol. The van der Waals surface area contributed by atoms with Crippen molar-refractivity contribution in [3.63, 3.8) is 0 Å². The molecule has 0 aliphatic rings. The molecule has 0 radical (unpaired) electrons. The van der Waals surface area contributed by atoms with Crippen LogP contribution in [0.1, 0.15) is 46.0 Å². The lowest BCUT2D eigenvalue weighted by Gasteiger charge is -2.27. The third-order valence-corrected chi connectivity index (χ3v) is 3.46. The summed E-state index contributed by atoms with van der Waals surface area (Å²) in [6.07, 6.45) is 1.61. The molecule has 0 saturated carbocycles. The van der Waals surface area contributed by atoms with Gasteiger partial charge in [-0.15, -0.1) is 0 Å². The van der Waals surface area contributed by atoms with Gasteiger partial charge in [-0.25, -0.2) is 0 Å². The first-order valence-electron chi connectivity index (χ1n) is 8.22. The summed E-state index contributed by atoms with van der Waals surface area (Å²) in [5, 5.41) is 8.11. The number of aromatic nitrogens is 2. The molecule has 5 nitrogen and oxygen atoms in total. The average Bonchev–Trinajstić information content (AvgIpc) is 2.89. The molecule has 1 unspecified atom stereocenters. The van der Waals surface area contributed by atoms with E-state index in [0.717, 1.165) is 31.6 Å². The molecule has 5 heteroatoms. The van der Waals surface area contributed by atoms with Gasteiger partial charge < -0.3 is 14.8 Å². The zero-order valence-corrected chi connectivity index (χ0v) is 14.2. The molecule has 0 fully saturated rings. The van der Waals surface area contributed by atoms with Crippen molar-refractivity contribution >= 4 is 0 Å². The van der Waals surface area contributed by atoms with E-state index >= 15 is 0 Å². The van der Waals surface area contributed by atoms with Crippen LogP contribution in [0, 0.1) is 0 Å². The zero-order chi connectivity index (χ0) is 15.7. The van der Waals surface area contributed by atoms with E-state index in [1.165, 1.54) is 5.69 Å². The molecular weight excluding hydrogens is 266 g/mol. The van der Waals surface area contributed by atoms with Crippen LogP contribution in [0.3, 0.4) is 0 Å². The highest BCUT2D eigenvalue weighted by Crippen LogP contribution is 2.13. The molecule has 1 rings (SSSR count). The third-order valence-electron chi connectivity index (χ3n) is 3.46. The Balaban J connectivity index is 2.87. The Bertz CT molecular complexity index is 387. The van der Waals surface area contributed by atoms with E-state index in [-0.39, 0.29) is 12.3 Å². The quantitative estimate of drug-likeness (QED) is 0.637. The number of hydrogen-bond acceptors (Lipinski definition) is 4. The molecule has 1 heterocycles. The second-order valence-corrected chi connectivity index (χ2v) is 4.94. The minimum absolute atomic E-state index is 0.140. The summed E-state index contributed by atoms with van der Waals surface area (Å²) in [6.45, 7) is 13.5. The average molecular weight is 297 g/mol. The van der Waals surface area contributed by atoms with E-state index < -0.39 is 0 Å². The Morgan fingerprint density at radius 2 is 1.81 bits per heavy atom. The van der Waals surface area contributed by atoms with Crippen LogP contribution in [0.4, 0.5) is 0 Å². The monoisotopic (exact) mass is 297 g/mol. The van der Waals surface area contributed by atoms with Crippen molar-refractivity contribution in [3.05, 3.63) is 17.5 Å². The van der Waals surface area contributed by atoms with Gasteiger partial charge in [-0.05, 0) is 39.8 Å². The Kier molecular flexibility index (Phi) is 8.57. The third kappa shape index (κ3) is 5.41. The molecule has 122 valence electrons. The summed E-state index contributed by atoms with van der Waals surface area (Å²) in [6, 6.07) is 2.34. The van der Waals surface area contributed by atoms with Gasteiger partial charge in [0.2, 0.25) is 0 Å². The second-order valence-electron chi connectivity index (χ2n) is 4.94. The molecule has 1 aromatic rings. The standard InChI is InChI=1S/C16H31N3O2/c1-6-13-11-14(19(8-3)18-13)12-15(17-7-2)16(20-9-4)21-10-5/h11,15-17H,6-10,12H2,1-5H3. The number of nitrogens with one attached hydrogen (secondary N) is 1. The Hall–Kier alpha value is -0.910. The maximum atomic E-state index is 5.76. The van der Waals surface area contributed by atoms with Crippen LogP contribution in [-0.2, 0) is 28.9 Å². The van der Waals surface area contributed by atoms with Gasteiger partial charge in [0.1, 0.15) is 0 Å². The Morgan fingerprint density at radius 3 is 2.29 bits per heavy atom. The number of likely N-dealkylation sites (N-methyl/N-ethyl adjacent to an activating group) is 1. The van der Waals surface area contributed by atoms with Gasteiger partial charge in [-0.2, -0.15) is 5.10 Å². The molecular formula is C16H31N3O2. The van der Waals surface area contributed by atoms with Gasteiger partial charge in [0.05, 0.1) is 11.7 Å². The van der Waals surface area contributed by atoms with Gasteiger partial charge in [0.15, 0.2) is 6.29 Å². The molecule has 21 heavy (non-hydrogen) atoms. The topological polar surface area (TPSA) is 48.3 Å². The van der Waals surface area contributed by atoms with Crippen LogP contribution in [0.15, 0.2) is 6.07 Å². The van der Waals surface area contributed by atoms with E-state index in [0.29, 0.717) is 13.2 Å². The van der Waals surface area contributed by atoms with Crippen molar-refractivity contribution in [1.82, 2.24) is 15.1 Å². The minimum Gasteiger partial charge on any atom is -0.351 e. The van der Waals surface area contributed by atoms with Crippen molar-refractivity contribution in [2.75, 3.05) is 19.8 Å². The Labute approximate surface area is 129 Å². The summed E-state index contributed by atoms with van der Waals surface area (Å²) in [5.74, 6) is 0. The van der Waals surface area contributed by atoms with Crippen LogP contribution >= 0.6 is 0 Å². The highest BCUT2D eigenvalue weighted by Gasteiger charge is 2.23. The SMILES string of the molecule is CCNC(Cc1cc(CC)nn1CC)C(OCC)OCC. The summed E-state index contributed by atoms with van der Waals surface area (Å²) in [5.41, 5.74) is 2.39. The molecule has 0 spiro atoms. The number of nitrogens with zero attached hydrogens (tertiary/aromatic N) is 2. The lowest BCUT2D eigenvalue weighted by Crippen LogP contribution is -2.45. The van der Waals surface area contributed by atoms with Gasteiger partial charge >= 0.3 is 0 Å². The van der Waals surface area contributed by atoms with Gasteiger partial charge in [-0.3, -0.25) is 4.68 Å². The van der Waals surface area contributed by atoms with Gasteiger partial charge in [0, 0.05) is 31.9 Å². The number of hydrogen-bond donors (Lipinski definition) is 1. The molecule has 0 saturated heterocycles. The van der Waals surface area contributed by atoms with Crippen LogP contribution in [-0.4, -0.2) is 41.9 Å². The van der Waals surface area contributed by atoms with Crippen molar-refractivity contribution in [2.45, 2.75) is 66.3 Å². The summed E-state index contributed by atoms with van der Waals surface area (Å²) in [7, 11) is 0. The zero-order valence-electron chi connectivity index (χ0n) is 14.2. The van der Waals surface area contributed by atoms with Crippen LogP contribution in [0.25, 0.3) is 0 Å². The normalized spacial score (nSPS) is 13.0. The van der Waals surface area contributed by atoms with E-state index in [1.54, 1.807) is 0 Å². The smallest absolute Gasteiger partial charge is 0.173 e. The Morgan fingerprint density at radius 1 is 1.14 bits per heavy atom. The lowest BCUT2D eigenvalue weighted by molar-refractivity contribution is -0.153. The van der Waals surface area contributed by atoms with Crippen LogP contribution < -0.4 is 5.32 Å². The molecule has 0 bridgehead atoms. The van der Waals surface area contributed by atoms with Gasteiger partial charge in [-0.1, -0.05) is 13.8 Å². The largest absolute Gasteiger partial charge is 0.351 e. The van der Waals surface area contributed by atoms with E-state index in [1.807, 2.05) is 13.8 Å². The predicted octanol–water partition coefficient (Wildman–Crippen LogP) is 2.39. The number of rotatable bonds is 11. The maximum Gasteiger partial charge on any atom is 0.173 e. The number of aryl methyl sites for hydroxylation is 2. The fourth-order valence-corrected chi connectivity index (χ4v) is 2.49. The summed E-state index contributed by atoms with van der Waals surface area (Å²) in [4.78, 5) is 0. The first kappa shape index (κ1) is 18.1. The highest BCUT2D eigenvalue weighted by atomic mass is 16.7. The van der Waals surface area contributed by atoms with E-state index in [9.17, 15) is 0 Å². The molecule has 0 amide bonds. The maximum absolute atomic E-state index is 5.76. The molecule has 0 aromatic carbocycles. The molecule has 1 aromatic heterocycles. The fraction of sp³-hybridized carbons (Fsp3) is 0.812. The molecule has 1 N–H and O–H groups in total. The fourth-order valence-electron chi connectivity index (χ4n) is 2.49. The first-order chi connectivity index (χ1) is 10.2. The van der Waals surface area contributed by atoms with Crippen LogP contribution in [0.2, 0.25) is 0 Å². The molecule has 1 atom stereocenters. The van der Waals surface area contributed by atoms with Crippen molar-refractivity contribution in [2.24, 2.45) is 0 Å². The highest BCUT2D eigenvalue weighted by molar-refractivity contribution is 5.12. The van der Waals surface area contributed by atoms with Crippen molar-refractivity contribution in [1.29, 1.82) is 0 Å².